The van der Waals surface area contributed by atoms with Gasteiger partial charge in [0.15, 0.2) is 0 Å². The number of fused-ring (bicyclic) bond motifs is 1. The number of nitrogens with zero attached hydrogens (tertiary/aromatic N) is 3. The summed E-state index contributed by atoms with van der Waals surface area (Å²) in [5.74, 6) is 5.56. The molecule has 0 saturated carbocycles. The molecule has 9 heteroatoms. The average molecular weight is 389 g/mol. The summed E-state index contributed by atoms with van der Waals surface area (Å²) in [6.45, 7) is 2.71. The summed E-state index contributed by atoms with van der Waals surface area (Å²) < 4.78 is 31.7. The number of rotatable bonds is 5. The predicted molar refractivity (Wildman–Crippen MR) is 106 cm³/mol. The highest BCUT2D eigenvalue weighted by molar-refractivity contribution is 7.85. The van der Waals surface area contributed by atoms with Crippen molar-refractivity contribution in [1.29, 1.82) is 0 Å². The number of aryl methyl sites for hydroxylation is 2. The van der Waals surface area contributed by atoms with Gasteiger partial charge in [-0.15, -0.1) is 0 Å². The average Bonchev–Trinajstić information content (AvgIpc) is 3.05. The molecule has 2 aromatic carbocycles. The number of imidazole rings is 1. The predicted octanol–water partition coefficient (Wildman–Crippen LogP) is 2.29. The van der Waals surface area contributed by atoms with Gasteiger partial charge >= 0.3 is 0 Å². The minimum Gasteiger partial charge on any atom is -0.386 e. The van der Waals surface area contributed by atoms with Crippen molar-refractivity contribution in [3.05, 3.63) is 60.4 Å². The maximum atomic E-state index is 10.5. The van der Waals surface area contributed by atoms with Crippen LogP contribution in [-0.2, 0) is 16.7 Å². The van der Waals surface area contributed by atoms with E-state index in [1.165, 1.54) is 12.1 Å². The van der Waals surface area contributed by atoms with Gasteiger partial charge in [0.2, 0.25) is 0 Å². The molecule has 1 aromatic heterocycles. The third kappa shape index (κ3) is 6.08. The summed E-state index contributed by atoms with van der Waals surface area (Å²) in [7, 11) is -4.02. The molecule has 0 radical (unpaired) electrons. The molecule has 27 heavy (non-hydrogen) atoms. The van der Waals surface area contributed by atoms with Crippen LogP contribution in [0.2, 0.25) is 0 Å². The normalized spacial score (nSPS) is 11.9. The van der Waals surface area contributed by atoms with Crippen LogP contribution in [0, 0.1) is 6.92 Å². The van der Waals surface area contributed by atoms with Crippen LogP contribution < -0.4 is 11.6 Å². The van der Waals surface area contributed by atoms with Crippen LogP contribution in [0.5, 0.6) is 0 Å². The molecule has 0 atom stereocenters. The van der Waals surface area contributed by atoms with Gasteiger partial charge in [-0.3, -0.25) is 4.55 Å². The molecule has 3 aromatic rings. The van der Waals surface area contributed by atoms with E-state index in [-0.39, 0.29) is 4.90 Å². The first-order valence-electron chi connectivity index (χ1n) is 8.27. The van der Waals surface area contributed by atoms with Crippen LogP contribution in [0.3, 0.4) is 0 Å². The van der Waals surface area contributed by atoms with E-state index in [0.29, 0.717) is 12.3 Å². The molecule has 0 aliphatic rings. The van der Waals surface area contributed by atoms with Gasteiger partial charge in [-0.1, -0.05) is 29.8 Å². The highest BCUT2D eigenvalue weighted by Gasteiger charge is 2.06. The molecule has 1 heterocycles. The van der Waals surface area contributed by atoms with Crippen molar-refractivity contribution in [2.45, 2.75) is 31.2 Å². The Kier molecular flexibility index (Phi) is 6.91. The summed E-state index contributed by atoms with van der Waals surface area (Å²) in [5, 5.41) is 3.44. The van der Waals surface area contributed by atoms with Gasteiger partial charge in [0.1, 0.15) is 5.84 Å². The Labute approximate surface area is 158 Å². The Balaban J connectivity index is 0.000000208. The lowest BCUT2D eigenvalue weighted by Gasteiger charge is -2.03. The molecule has 144 valence electrons. The molecule has 0 unspecified atom stereocenters. The van der Waals surface area contributed by atoms with Gasteiger partial charge in [-0.2, -0.15) is 13.5 Å². The first-order chi connectivity index (χ1) is 12.8. The van der Waals surface area contributed by atoms with Gasteiger partial charge in [0, 0.05) is 13.0 Å². The van der Waals surface area contributed by atoms with E-state index in [1.807, 2.05) is 31.5 Å². The van der Waals surface area contributed by atoms with E-state index in [2.05, 4.69) is 20.7 Å². The van der Waals surface area contributed by atoms with Crippen molar-refractivity contribution in [3.8, 4) is 0 Å². The minimum atomic E-state index is -4.02. The van der Waals surface area contributed by atoms with Gasteiger partial charge in [-0.25, -0.2) is 4.98 Å². The molecule has 3 rings (SSSR count). The maximum Gasteiger partial charge on any atom is 0.294 e. The lowest BCUT2D eigenvalue weighted by atomic mass is 10.2. The molecule has 0 bridgehead atoms. The quantitative estimate of drug-likeness (QED) is 0.201. The molecule has 0 saturated heterocycles. The molecule has 0 fully saturated rings. The monoisotopic (exact) mass is 389 g/mol. The van der Waals surface area contributed by atoms with E-state index in [9.17, 15) is 8.42 Å². The SMILES string of the molecule is Cc1ccc(S(=O)(=O)O)cc1.NN=C(N)CCCn1cnc2ccccc21. The van der Waals surface area contributed by atoms with Gasteiger partial charge in [0.05, 0.1) is 22.3 Å². The Morgan fingerprint density at radius 2 is 1.85 bits per heavy atom. The number of benzene rings is 2. The second-order valence-electron chi connectivity index (χ2n) is 5.94. The number of nitrogens with two attached hydrogens (primary N) is 2. The number of para-hydroxylation sites is 2. The van der Waals surface area contributed by atoms with Crippen molar-refractivity contribution < 1.29 is 13.0 Å². The van der Waals surface area contributed by atoms with Crippen LogP contribution in [0.15, 0.2) is 64.9 Å². The van der Waals surface area contributed by atoms with E-state index in [4.69, 9.17) is 16.1 Å². The highest BCUT2D eigenvalue weighted by Crippen LogP contribution is 2.12. The Morgan fingerprint density at radius 3 is 2.48 bits per heavy atom. The van der Waals surface area contributed by atoms with E-state index in [0.717, 1.165) is 29.6 Å². The number of aromatic nitrogens is 2. The van der Waals surface area contributed by atoms with Crippen molar-refractivity contribution in [1.82, 2.24) is 9.55 Å². The lowest BCUT2D eigenvalue weighted by molar-refractivity contribution is 0.483. The summed E-state index contributed by atoms with van der Waals surface area (Å²) in [5.41, 5.74) is 8.64. The van der Waals surface area contributed by atoms with Crippen molar-refractivity contribution in [2.75, 3.05) is 0 Å². The summed E-state index contributed by atoms with van der Waals surface area (Å²) in [6, 6.07) is 14.0. The van der Waals surface area contributed by atoms with Crippen molar-refractivity contribution in [3.63, 3.8) is 0 Å². The van der Waals surface area contributed by atoms with E-state index in [1.54, 1.807) is 12.1 Å². The van der Waals surface area contributed by atoms with Crippen LogP contribution in [-0.4, -0.2) is 28.4 Å². The number of amidine groups is 1. The lowest BCUT2D eigenvalue weighted by Crippen LogP contribution is -2.14. The van der Waals surface area contributed by atoms with Gasteiger partial charge in [-0.05, 0) is 37.6 Å². The summed E-state index contributed by atoms with van der Waals surface area (Å²) in [4.78, 5) is 4.25. The van der Waals surface area contributed by atoms with Crippen LogP contribution >= 0.6 is 0 Å². The number of hydrazone groups is 1. The summed E-state index contributed by atoms with van der Waals surface area (Å²) >= 11 is 0. The molecule has 0 spiro atoms. The first kappa shape index (κ1) is 20.4. The van der Waals surface area contributed by atoms with Crippen LogP contribution in [0.1, 0.15) is 18.4 Å². The Morgan fingerprint density at radius 1 is 1.19 bits per heavy atom. The zero-order valence-corrected chi connectivity index (χ0v) is 15.8. The second-order valence-corrected chi connectivity index (χ2v) is 7.36. The third-order valence-electron chi connectivity index (χ3n) is 3.84. The third-order valence-corrected chi connectivity index (χ3v) is 4.71. The maximum absolute atomic E-state index is 10.5. The fourth-order valence-corrected chi connectivity index (χ4v) is 2.87. The smallest absolute Gasteiger partial charge is 0.294 e. The van der Waals surface area contributed by atoms with E-state index >= 15 is 0 Å². The highest BCUT2D eigenvalue weighted by atomic mass is 32.2. The topological polar surface area (TPSA) is 137 Å². The molecule has 0 aliphatic carbocycles. The fraction of sp³-hybridized carbons (Fsp3) is 0.222. The van der Waals surface area contributed by atoms with Crippen LogP contribution in [0.4, 0.5) is 0 Å². The van der Waals surface area contributed by atoms with Crippen molar-refractivity contribution in [2.24, 2.45) is 16.7 Å². The Hall–Kier alpha value is -2.91. The second kappa shape index (κ2) is 9.15. The number of hydrogen-bond acceptors (Lipinski definition) is 5. The number of hydrogen-bond donors (Lipinski definition) is 3. The molecular weight excluding hydrogens is 366 g/mol. The summed E-state index contributed by atoms with van der Waals surface area (Å²) in [6.07, 6.45) is 3.47. The van der Waals surface area contributed by atoms with Gasteiger partial charge in [0.25, 0.3) is 10.1 Å². The van der Waals surface area contributed by atoms with Gasteiger partial charge < -0.3 is 16.1 Å². The van der Waals surface area contributed by atoms with E-state index < -0.39 is 10.1 Å². The first-order valence-corrected chi connectivity index (χ1v) is 9.71. The molecule has 0 aliphatic heterocycles. The zero-order chi connectivity index (χ0) is 19.9. The molecule has 0 amide bonds. The van der Waals surface area contributed by atoms with Crippen LogP contribution in [0.25, 0.3) is 11.0 Å². The standard InChI is InChI=1S/C11H15N5.C7H8O3S/c12-11(15-13)6-3-7-16-8-14-9-4-1-2-5-10(9)16;1-6-2-4-7(5-3-6)11(8,9)10/h1-2,4-5,8H,3,6-7,13H2,(H2,12,15);2-5H,1H3,(H,8,9,10). The molecule has 5 N–H and O–H groups in total. The molecular formula is C18H23N5O3S. The minimum absolute atomic E-state index is 0.0666. The fourth-order valence-electron chi connectivity index (χ4n) is 2.39. The largest absolute Gasteiger partial charge is 0.386 e. The van der Waals surface area contributed by atoms with Crippen molar-refractivity contribution >= 4 is 27.0 Å². The Bertz CT molecular complexity index is 1010. The molecule has 8 nitrogen and oxygen atoms in total. The zero-order valence-electron chi connectivity index (χ0n) is 15.0.